The van der Waals surface area contributed by atoms with E-state index in [-0.39, 0.29) is 30.1 Å². The van der Waals surface area contributed by atoms with E-state index in [1.165, 1.54) is 0 Å². The fraction of sp³-hybridized carbons (Fsp3) is 0.727. The van der Waals surface area contributed by atoms with Crippen LogP contribution in [0, 0.1) is 5.92 Å². The number of likely N-dealkylation sites (N-methyl/N-ethyl adjacent to an activating group) is 1. The summed E-state index contributed by atoms with van der Waals surface area (Å²) in [6.45, 7) is 7.51. The van der Waals surface area contributed by atoms with Crippen molar-refractivity contribution in [3.8, 4) is 0 Å². The Balaban J connectivity index is 0.00000128. The lowest BCUT2D eigenvalue weighted by molar-refractivity contribution is 0.128. The zero-order chi connectivity index (χ0) is 10.7. The summed E-state index contributed by atoms with van der Waals surface area (Å²) in [5.74, 6) is 1.56. The third-order valence-electron chi connectivity index (χ3n) is 3.08. The van der Waals surface area contributed by atoms with E-state index in [0.717, 1.165) is 38.6 Å². The zero-order valence-corrected chi connectivity index (χ0v) is 12.0. The van der Waals surface area contributed by atoms with Crippen LogP contribution >= 0.6 is 24.0 Å². The highest BCUT2D eigenvalue weighted by molar-refractivity contribution is 14.0. The molecule has 0 aliphatic carbocycles. The monoisotopic (exact) mass is 337 g/mol. The first-order valence-corrected chi connectivity index (χ1v) is 5.55. The van der Waals surface area contributed by atoms with E-state index in [1.807, 2.05) is 6.08 Å². The van der Waals surface area contributed by atoms with E-state index >= 15 is 0 Å². The SMILES string of the molecule is C=C[C@@H]1OCC[C@H]1CNC1=NCCN1C.I. The van der Waals surface area contributed by atoms with Crippen molar-refractivity contribution in [2.24, 2.45) is 10.9 Å². The third kappa shape index (κ3) is 3.10. The molecule has 0 saturated carbocycles. The van der Waals surface area contributed by atoms with Crippen LogP contribution in [0.5, 0.6) is 0 Å². The molecule has 2 heterocycles. The molecule has 2 atom stereocenters. The molecule has 4 nitrogen and oxygen atoms in total. The maximum atomic E-state index is 5.55. The number of nitrogens with one attached hydrogen (secondary N) is 1. The minimum atomic E-state index is 0. The molecule has 0 amide bonds. The van der Waals surface area contributed by atoms with Crippen molar-refractivity contribution < 1.29 is 4.74 Å². The van der Waals surface area contributed by atoms with Gasteiger partial charge in [-0.05, 0) is 6.42 Å². The van der Waals surface area contributed by atoms with E-state index in [9.17, 15) is 0 Å². The minimum absolute atomic E-state index is 0. The normalized spacial score (nSPS) is 28.6. The van der Waals surface area contributed by atoms with Crippen LogP contribution in [-0.4, -0.2) is 50.3 Å². The molecule has 92 valence electrons. The molecular formula is C11H20IN3O. The van der Waals surface area contributed by atoms with Crippen LogP contribution in [0.25, 0.3) is 0 Å². The molecule has 2 aliphatic rings. The Bertz CT molecular complexity index is 270. The van der Waals surface area contributed by atoms with Gasteiger partial charge in [-0.1, -0.05) is 6.08 Å². The number of aliphatic imine (C=N–C) groups is 1. The Kier molecular flexibility index (Phi) is 5.54. The van der Waals surface area contributed by atoms with Crippen LogP contribution in [0.3, 0.4) is 0 Å². The molecule has 0 aromatic heterocycles. The maximum absolute atomic E-state index is 5.55. The molecule has 16 heavy (non-hydrogen) atoms. The number of guanidine groups is 1. The van der Waals surface area contributed by atoms with Crippen LogP contribution in [0.15, 0.2) is 17.6 Å². The highest BCUT2D eigenvalue weighted by Crippen LogP contribution is 2.20. The van der Waals surface area contributed by atoms with Gasteiger partial charge in [0.05, 0.1) is 12.6 Å². The lowest BCUT2D eigenvalue weighted by Crippen LogP contribution is -2.39. The molecule has 0 aromatic carbocycles. The standard InChI is InChI=1S/C11H19N3O.HI/c1-3-10-9(4-7-15-10)8-13-11-12-5-6-14(11)2;/h3,9-10H,1,4-8H2,2H3,(H,12,13);1H/t9-,10-;/m0./s1. The fourth-order valence-electron chi connectivity index (χ4n) is 2.08. The number of nitrogens with zero attached hydrogens (tertiary/aromatic N) is 2. The second kappa shape index (κ2) is 6.44. The molecule has 0 spiro atoms. The third-order valence-corrected chi connectivity index (χ3v) is 3.08. The Morgan fingerprint density at radius 1 is 1.69 bits per heavy atom. The van der Waals surface area contributed by atoms with E-state index in [0.29, 0.717) is 5.92 Å². The van der Waals surface area contributed by atoms with Crippen molar-refractivity contribution >= 4 is 29.9 Å². The minimum Gasteiger partial charge on any atom is -0.374 e. The van der Waals surface area contributed by atoms with Gasteiger partial charge in [0.25, 0.3) is 0 Å². The fourth-order valence-corrected chi connectivity index (χ4v) is 2.08. The lowest BCUT2D eigenvalue weighted by atomic mass is 10.0. The van der Waals surface area contributed by atoms with Crippen LogP contribution in [0.4, 0.5) is 0 Å². The summed E-state index contributed by atoms with van der Waals surface area (Å²) in [7, 11) is 2.06. The van der Waals surface area contributed by atoms with Crippen molar-refractivity contribution in [2.45, 2.75) is 12.5 Å². The van der Waals surface area contributed by atoms with E-state index < -0.39 is 0 Å². The number of rotatable bonds is 3. The first-order valence-electron chi connectivity index (χ1n) is 5.55. The van der Waals surface area contributed by atoms with E-state index in [1.54, 1.807) is 0 Å². The zero-order valence-electron chi connectivity index (χ0n) is 9.69. The van der Waals surface area contributed by atoms with Gasteiger partial charge in [0.15, 0.2) is 5.96 Å². The molecule has 1 saturated heterocycles. The van der Waals surface area contributed by atoms with Crippen LogP contribution in [0.2, 0.25) is 0 Å². The molecule has 1 fully saturated rings. The summed E-state index contributed by atoms with van der Waals surface area (Å²) in [6, 6.07) is 0. The van der Waals surface area contributed by atoms with Gasteiger partial charge in [-0.2, -0.15) is 0 Å². The number of halogens is 1. The molecule has 0 bridgehead atoms. The van der Waals surface area contributed by atoms with Gasteiger partial charge >= 0.3 is 0 Å². The molecule has 1 N–H and O–H groups in total. The van der Waals surface area contributed by atoms with E-state index in [2.05, 4.69) is 28.8 Å². The number of hydrogen-bond donors (Lipinski definition) is 1. The Hall–Kier alpha value is -0.300. The van der Waals surface area contributed by atoms with Crippen molar-refractivity contribution in [2.75, 3.05) is 33.3 Å². The number of ether oxygens (including phenoxy) is 1. The van der Waals surface area contributed by atoms with Crippen LogP contribution < -0.4 is 5.32 Å². The summed E-state index contributed by atoms with van der Waals surface area (Å²) >= 11 is 0. The van der Waals surface area contributed by atoms with Crippen LogP contribution in [-0.2, 0) is 4.74 Å². The van der Waals surface area contributed by atoms with Gasteiger partial charge in [-0.15, -0.1) is 30.6 Å². The first-order chi connectivity index (χ1) is 7.31. The molecule has 0 unspecified atom stereocenters. The highest BCUT2D eigenvalue weighted by atomic mass is 127. The number of hydrogen-bond acceptors (Lipinski definition) is 4. The molecule has 2 aliphatic heterocycles. The summed E-state index contributed by atoms with van der Waals surface area (Å²) in [5, 5.41) is 3.39. The Morgan fingerprint density at radius 3 is 3.12 bits per heavy atom. The topological polar surface area (TPSA) is 36.9 Å². The maximum Gasteiger partial charge on any atom is 0.193 e. The first kappa shape index (κ1) is 13.8. The average Bonchev–Trinajstić information content (AvgIpc) is 2.83. The molecule has 5 heteroatoms. The van der Waals surface area contributed by atoms with Crippen molar-refractivity contribution in [1.82, 2.24) is 10.2 Å². The largest absolute Gasteiger partial charge is 0.374 e. The summed E-state index contributed by atoms with van der Waals surface area (Å²) in [6.07, 6.45) is 3.23. The summed E-state index contributed by atoms with van der Waals surface area (Å²) in [5.41, 5.74) is 0. The van der Waals surface area contributed by atoms with Crippen molar-refractivity contribution in [3.05, 3.63) is 12.7 Å². The van der Waals surface area contributed by atoms with Gasteiger partial charge < -0.3 is 15.0 Å². The average molecular weight is 337 g/mol. The molecular weight excluding hydrogens is 317 g/mol. The molecule has 2 rings (SSSR count). The quantitative estimate of drug-likeness (QED) is 0.619. The smallest absolute Gasteiger partial charge is 0.193 e. The van der Waals surface area contributed by atoms with Crippen LogP contribution in [0.1, 0.15) is 6.42 Å². The highest BCUT2D eigenvalue weighted by Gasteiger charge is 2.26. The molecule has 0 aromatic rings. The summed E-state index contributed by atoms with van der Waals surface area (Å²) in [4.78, 5) is 6.54. The predicted molar refractivity (Wildman–Crippen MR) is 76.4 cm³/mol. The van der Waals surface area contributed by atoms with Gasteiger partial charge in [-0.3, -0.25) is 4.99 Å². The van der Waals surface area contributed by atoms with Gasteiger partial charge in [0.1, 0.15) is 0 Å². The van der Waals surface area contributed by atoms with Gasteiger partial charge in [0, 0.05) is 32.7 Å². The predicted octanol–water partition coefficient (Wildman–Crippen LogP) is 1.09. The van der Waals surface area contributed by atoms with E-state index in [4.69, 9.17) is 4.74 Å². The van der Waals surface area contributed by atoms with Gasteiger partial charge in [-0.25, -0.2) is 0 Å². The second-order valence-electron chi connectivity index (χ2n) is 4.13. The van der Waals surface area contributed by atoms with Crippen molar-refractivity contribution in [1.29, 1.82) is 0 Å². The Labute approximate surface area is 114 Å². The lowest BCUT2D eigenvalue weighted by Gasteiger charge is -2.19. The molecule has 0 radical (unpaired) electrons. The second-order valence-corrected chi connectivity index (χ2v) is 4.13. The van der Waals surface area contributed by atoms with Crippen molar-refractivity contribution in [3.63, 3.8) is 0 Å². The Morgan fingerprint density at radius 2 is 2.50 bits per heavy atom. The summed E-state index contributed by atoms with van der Waals surface area (Å²) < 4.78 is 5.55. The van der Waals surface area contributed by atoms with Gasteiger partial charge in [0.2, 0.25) is 0 Å².